The second-order valence-electron chi connectivity index (χ2n) is 8.01. The number of primary sulfonamides is 1. The molecule has 1 fully saturated rings. The van der Waals surface area contributed by atoms with Gasteiger partial charge in [0, 0.05) is 24.7 Å². The molecule has 13 nitrogen and oxygen atoms in total. The number of β-amino-alcohol motifs (C(OH)–C–C–N with tert-alkyl or cyclic N) is 1. The smallest absolute Gasteiger partial charge is 0.325 e. The fraction of sp³-hybridized carbons (Fsp3) is 0.333. The average molecular weight is 542 g/mol. The highest BCUT2D eigenvalue weighted by atomic mass is 32.2. The molecule has 0 bridgehead atoms. The van der Waals surface area contributed by atoms with Gasteiger partial charge in [0.25, 0.3) is 5.91 Å². The molecule has 0 aromatic heterocycles. The zero-order valence-electron chi connectivity index (χ0n) is 18.7. The first-order valence-electron chi connectivity index (χ1n) is 10.6. The summed E-state index contributed by atoms with van der Waals surface area (Å²) in [4.78, 5) is 24.6. The van der Waals surface area contributed by atoms with Crippen molar-refractivity contribution in [3.8, 4) is 11.5 Å². The van der Waals surface area contributed by atoms with Crippen molar-refractivity contribution in [3.05, 3.63) is 42.5 Å². The molecule has 2 atom stereocenters. The van der Waals surface area contributed by atoms with E-state index >= 15 is 0 Å². The van der Waals surface area contributed by atoms with Crippen molar-refractivity contribution < 1.29 is 45.7 Å². The van der Waals surface area contributed by atoms with E-state index in [0.29, 0.717) is 12.4 Å². The molecule has 2 aliphatic heterocycles. The number of ether oxygens (including phenoxy) is 3. The fourth-order valence-electron chi connectivity index (χ4n) is 3.74. The summed E-state index contributed by atoms with van der Waals surface area (Å²) in [5.74, 6) is -1.11. The SMILES string of the molecule is NS(=O)(=O)c1ccc(NC(=O)COC(=O)[C@H]2C[C@@H](O)CN2S(=O)(=O)c2ccc3c(c2)OCCO3)cc1. The summed E-state index contributed by atoms with van der Waals surface area (Å²) < 4.78 is 65.7. The third-order valence-electron chi connectivity index (χ3n) is 5.44. The van der Waals surface area contributed by atoms with Gasteiger partial charge in [-0.25, -0.2) is 22.0 Å². The minimum absolute atomic E-state index is 0.147. The third kappa shape index (κ3) is 5.60. The summed E-state index contributed by atoms with van der Waals surface area (Å²) in [6.07, 6.45) is -1.32. The van der Waals surface area contributed by atoms with Crippen molar-refractivity contribution >= 4 is 37.6 Å². The summed E-state index contributed by atoms with van der Waals surface area (Å²) in [6, 6.07) is 7.68. The molecular weight excluding hydrogens is 518 g/mol. The van der Waals surface area contributed by atoms with Crippen LogP contribution in [-0.2, 0) is 34.4 Å². The van der Waals surface area contributed by atoms with Crippen molar-refractivity contribution in [1.29, 1.82) is 0 Å². The first-order chi connectivity index (χ1) is 16.9. The Morgan fingerprint density at radius 3 is 2.33 bits per heavy atom. The summed E-state index contributed by atoms with van der Waals surface area (Å²) in [6.45, 7) is -0.481. The number of hydrogen-bond acceptors (Lipinski definition) is 10. The molecule has 0 spiro atoms. The number of fused-ring (bicyclic) bond motifs is 1. The molecule has 0 saturated carbocycles. The topological polar surface area (TPSA) is 192 Å². The molecule has 15 heteroatoms. The lowest BCUT2D eigenvalue weighted by Gasteiger charge is -2.24. The van der Waals surface area contributed by atoms with E-state index in [-0.39, 0.29) is 40.8 Å². The molecule has 0 aliphatic carbocycles. The van der Waals surface area contributed by atoms with Crippen LogP contribution in [0.5, 0.6) is 11.5 Å². The molecule has 2 aromatic carbocycles. The first-order valence-corrected chi connectivity index (χ1v) is 13.6. The number of nitrogens with one attached hydrogen (secondary N) is 1. The number of aliphatic hydroxyl groups excluding tert-OH is 1. The standard InChI is InChI=1S/C21H23N3O10S2/c22-35(28,29)15-3-1-13(2-4-15)23-20(26)12-34-21(27)17-9-14(25)11-24(17)36(30,31)16-5-6-18-19(10-16)33-8-7-32-18/h1-6,10,14,17,25H,7-9,11-12H2,(H,23,26)(H2,22,28,29)/t14-,17-/m1/s1. The van der Waals surface area contributed by atoms with Gasteiger partial charge in [-0.2, -0.15) is 4.31 Å². The summed E-state index contributed by atoms with van der Waals surface area (Å²) in [5, 5.41) is 17.5. The number of nitrogens with two attached hydrogens (primary N) is 1. The zero-order chi connectivity index (χ0) is 26.1. The van der Waals surface area contributed by atoms with E-state index < -0.39 is 50.7 Å². The minimum Gasteiger partial charge on any atom is -0.486 e. The van der Waals surface area contributed by atoms with Gasteiger partial charge in [-0.05, 0) is 36.4 Å². The minimum atomic E-state index is -4.23. The molecule has 0 radical (unpaired) electrons. The van der Waals surface area contributed by atoms with E-state index in [2.05, 4.69) is 5.32 Å². The normalized spacial score (nSPS) is 20.1. The van der Waals surface area contributed by atoms with Gasteiger partial charge in [0.15, 0.2) is 18.1 Å². The number of benzene rings is 2. The summed E-state index contributed by atoms with van der Waals surface area (Å²) in [5.41, 5.74) is 0.225. The Morgan fingerprint density at radius 2 is 1.67 bits per heavy atom. The second kappa shape index (κ2) is 10.0. The van der Waals surface area contributed by atoms with Gasteiger partial charge in [-0.3, -0.25) is 9.59 Å². The zero-order valence-corrected chi connectivity index (χ0v) is 20.3. The number of hydrogen-bond donors (Lipinski definition) is 3. The van der Waals surface area contributed by atoms with Gasteiger partial charge in [0.1, 0.15) is 19.3 Å². The second-order valence-corrected chi connectivity index (χ2v) is 11.5. The molecule has 2 aliphatic rings. The molecule has 194 valence electrons. The summed E-state index contributed by atoms with van der Waals surface area (Å²) in [7, 11) is -8.12. The largest absolute Gasteiger partial charge is 0.486 e. The van der Waals surface area contributed by atoms with E-state index in [0.717, 1.165) is 4.31 Å². The Bertz CT molecular complexity index is 1380. The maximum Gasteiger partial charge on any atom is 0.325 e. The van der Waals surface area contributed by atoms with Crippen molar-refractivity contribution in [2.24, 2.45) is 5.14 Å². The fourth-order valence-corrected chi connectivity index (χ4v) is 5.90. The number of esters is 1. The van der Waals surface area contributed by atoms with Crippen molar-refractivity contribution in [2.45, 2.75) is 28.4 Å². The molecule has 36 heavy (non-hydrogen) atoms. The molecule has 0 unspecified atom stereocenters. The van der Waals surface area contributed by atoms with Crippen LogP contribution in [0.1, 0.15) is 6.42 Å². The van der Waals surface area contributed by atoms with E-state index in [4.69, 9.17) is 19.3 Å². The number of sulfonamides is 2. The highest BCUT2D eigenvalue weighted by Gasteiger charge is 2.44. The highest BCUT2D eigenvalue weighted by Crippen LogP contribution is 2.35. The van der Waals surface area contributed by atoms with Crippen LogP contribution in [0.25, 0.3) is 0 Å². The van der Waals surface area contributed by atoms with Crippen LogP contribution in [0.15, 0.2) is 52.3 Å². The van der Waals surface area contributed by atoms with E-state index in [9.17, 15) is 31.5 Å². The van der Waals surface area contributed by atoms with Crippen molar-refractivity contribution in [2.75, 3.05) is 31.7 Å². The quantitative estimate of drug-likeness (QED) is 0.382. The Morgan fingerprint density at radius 1 is 1.03 bits per heavy atom. The first kappa shape index (κ1) is 25.8. The van der Waals surface area contributed by atoms with Crippen LogP contribution >= 0.6 is 0 Å². The van der Waals surface area contributed by atoms with Crippen molar-refractivity contribution in [1.82, 2.24) is 4.31 Å². The number of nitrogens with zero attached hydrogens (tertiary/aromatic N) is 1. The maximum atomic E-state index is 13.2. The lowest BCUT2D eigenvalue weighted by Crippen LogP contribution is -2.42. The number of carbonyl (C=O) groups is 2. The van der Waals surface area contributed by atoms with Crippen LogP contribution in [-0.4, -0.2) is 76.6 Å². The maximum absolute atomic E-state index is 13.2. The predicted molar refractivity (Wildman–Crippen MR) is 123 cm³/mol. The number of aliphatic hydroxyl groups is 1. The third-order valence-corrected chi connectivity index (χ3v) is 8.24. The molecule has 4 N–H and O–H groups in total. The van der Waals surface area contributed by atoms with Gasteiger partial charge in [-0.15, -0.1) is 0 Å². The van der Waals surface area contributed by atoms with Gasteiger partial charge >= 0.3 is 5.97 Å². The summed E-state index contributed by atoms with van der Waals surface area (Å²) >= 11 is 0. The highest BCUT2D eigenvalue weighted by molar-refractivity contribution is 7.89. The number of rotatable bonds is 7. The van der Waals surface area contributed by atoms with E-state index in [1.165, 1.54) is 42.5 Å². The Hall–Kier alpha value is -3.24. The Kier molecular flexibility index (Phi) is 7.19. The van der Waals surface area contributed by atoms with Gasteiger partial charge in [0.2, 0.25) is 20.0 Å². The predicted octanol–water partition coefficient (Wildman–Crippen LogP) is -0.589. The lowest BCUT2D eigenvalue weighted by molar-refractivity contribution is -0.150. The van der Waals surface area contributed by atoms with Crippen molar-refractivity contribution in [3.63, 3.8) is 0 Å². The van der Waals surface area contributed by atoms with Gasteiger partial charge in [0.05, 0.1) is 15.9 Å². The van der Waals surface area contributed by atoms with Crippen LogP contribution < -0.4 is 19.9 Å². The molecule has 4 rings (SSSR count). The number of carbonyl (C=O) groups excluding carboxylic acids is 2. The molecule has 1 saturated heterocycles. The number of amides is 1. The number of anilines is 1. The Labute approximate surface area is 206 Å². The van der Waals surface area contributed by atoms with E-state index in [1.807, 2.05) is 0 Å². The van der Waals surface area contributed by atoms with Crippen LogP contribution in [0.3, 0.4) is 0 Å². The molecule has 2 heterocycles. The molecule has 2 aromatic rings. The van der Waals surface area contributed by atoms with E-state index in [1.54, 1.807) is 0 Å². The van der Waals surface area contributed by atoms with Gasteiger partial charge < -0.3 is 24.6 Å². The van der Waals surface area contributed by atoms with Crippen LogP contribution in [0.2, 0.25) is 0 Å². The Balaban J connectivity index is 1.41. The average Bonchev–Trinajstić information content (AvgIpc) is 3.24. The lowest BCUT2D eigenvalue weighted by atomic mass is 10.2. The monoisotopic (exact) mass is 541 g/mol. The van der Waals surface area contributed by atoms with Crippen LogP contribution in [0.4, 0.5) is 5.69 Å². The molecule has 1 amide bonds. The van der Waals surface area contributed by atoms with Gasteiger partial charge in [-0.1, -0.05) is 0 Å². The van der Waals surface area contributed by atoms with Crippen LogP contribution in [0, 0.1) is 0 Å². The molecular formula is C21H23N3O10S2.